The number of carbonyl (C=O) groups excluding carboxylic acids is 1. The first kappa shape index (κ1) is 15.3. The molecule has 4 aromatic carbocycles. The molecular formula is C24H18O2. The number of rotatable bonds is 1. The quantitative estimate of drug-likeness (QED) is 0.465. The number of hydrogen-bond donors (Lipinski definition) is 1. The van der Waals surface area contributed by atoms with Gasteiger partial charge >= 0.3 is 0 Å². The van der Waals surface area contributed by atoms with Crippen LogP contribution in [-0.2, 0) is 0 Å². The molecule has 126 valence electrons. The Labute approximate surface area is 151 Å². The van der Waals surface area contributed by atoms with E-state index < -0.39 is 6.10 Å². The van der Waals surface area contributed by atoms with Gasteiger partial charge in [-0.25, -0.2) is 0 Å². The number of aliphatic hydroxyl groups excluding tert-OH is 1. The largest absolute Gasteiger partial charge is 0.380 e. The highest BCUT2D eigenvalue weighted by atomic mass is 16.3. The van der Waals surface area contributed by atoms with E-state index in [2.05, 4.69) is 50.2 Å². The molecule has 0 fully saturated rings. The number of carbonyl (C=O) groups is 1. The number of benzene rings is 4. The van der Waals surface area contributed by atoms with Crippen LogP contribution in [0.3, 0.4) is 0 Å². The van der Waals surface area contributed by atoms with Crippen molar-refractivity contribution in [3.63, 3.8) is 0 Å². The summed E-state index contributed by atoms with van der Waals surface area (Å²) >= 11 is 0. The second-order valence-corrected chi connectivity index (χ2v) is 7.16. The number of hydrogen-bond acceptors (Lipinski definition) is 2. The summed E-state index contributed by atoms with van der Waals surface area (Å²) in [6.45, 7) is 4.25. The van der Waals surface area contributed by atoms with E-state index in [4.69, 9.17) is 0 Å². The second kappa shape index (κ2) is 5.26. The third-order valence-corrected chi connectivity index (χ3v) is 5.59. The molecule has 0 amide bonds. The summed E-state index contributed by atoms with van der Waals surface area (Å²) in [6, 6.07) is 20.5. The third-order valence-electron chi connectivity index (χ3n) is 5.59. The number of ketones is 1. The number of aliphatic hydroxyl groups is 1. The molecule has 26 heavy (non-hydrogen) atoms. The molecule has 0 aliphatic heterocycles. The lowest BCUT2D eigenvalue weighted by Crippen LogP contribution is -2.04. The van der Waals surface area contributed by atoms with Gasteiger partial charge in [0.05, 0.1) is 0 Å². The molecule has 2 nitrogen and oxygen atoms in total. The Balaban J connectivity index is 1.86. The summed E-state index contributed by atoms with van der Waals surface area (Å²) < 4.78 is 0. The topological polar surface area (TPSA) is 37.3 Å². The summed E-state index contributed by atoms with van der Waals surface area (Å²) in [7, 11) is 0. The number of Topliss-reactive ketones (excluding diaryl/α,β-unsaturated/α-hetero) is 1. The molecule has 0 saturated heterocycles. The van der Waals surface area contributed by atoms with Crippen molar-refractivity contribution in [2.75, 3.05) is 0 Å². The molecule has 1 atom stereocenters. The van der Waals surface area contributed by atoms with Crippen molar-refractivity contribution in [3.05, 3.63) is 82.9 Å². The molecule has 1 unspecified atom stereocenters. The molecule has 0 spiro atoms. The zero-order chi connectivity index (χ0) is 18.0. The van der Waals surface area contributed by atoms with Crippen molar-refractivity contribution in [1.82, 2.24) is 0 Å². The minimum Gasteiger partial charge on any atom is -0.380 e. The van der Waals surface area contributed by atoms with E-state index in [9.17, 15) is 9.90 Å². The van der Waals surface area contributed by atoms with Crippen LogP contribution < -0.4 is 0 Å². The maximum absolute atomic E-state index is 12.5. The van der Waals surface area contributed by atoms with E-state index in [1.54, 1.807) is 0 Å². The van der Waals surface area contributed by atoms with Gasteiger partial charge in [-0.3, -0.25) is 4.79 Å². The maximum Gasteiger partial charge on any atom is 0.196 e. The predicted octanol–water partition coefficient (Wildman–Crippen LogP) is 5.51. The van der Waals surface area contributed by atoms with Crippen molar-refractivity contribution in [3.8, 4) is 11.1 Å². The summed E-state index contributed by atoms with van der Waals surface area (Å²) in [5.41, 5.74) is 6.23. The van der Waals surface area contributed by atoms with E-state index in [0.717, 1.165) is 32.7 Å². The Hall–Kier alpha value is -2.97. The molecule has 0 saturated carbocycles. The van der Waals surface area contributed by atoms with Crippen LogP contribution in [0.25, 0.3) is 32.7 Å². The molecule has 0 heterocycles. The average molecular weight is 338 g/mol. The third kappa shape index (κ3) is 1.94. The van der Waals surface area contributed by atoms with Gasteiger partial charge in [0.15, 0.2) is 5.78 Å². The fourth-order valence-corrected chi connectivity index (χ4v) is 4.39. The summed E-state index contributed by atoms with van der Waals surface area (Å²) in [5, 5.41) is 14.4. The highest BCUT2D eigenvalue weighted by Gasteiger charge is 2.31. The van der Waals surface area contributed by atoms with Crippen LogP contribution in [0.4, 0.5) is 0 Å². The van der Waals surface area contributed by atoms with Gasteiger partial charge in [0.25, 0.3) is 0 Å². The monoisotopic (exact) mass is 338 g/mol. The SMILES string of the molecule is Cc1cccc(C)c1-c1ccc2c(c1)cc1c3c(cccc32)C(O)C1=O. The Morgan fingerprint density at radius 1 is 0.846 bits per heavy atom. The van der Waals surface area contributed by atoms with E-state index in [0.29, 0.717) is 5.56 Å². The summed E-state index contributed by atoms with van der Waals surface area (Å²) in [4.78, 5) is 12.5. The number of aryl methyl sites for hydroxylation is 2. The average Bonchev–Trinajstić information content (AvgIpc) is 2.88. The highest BCUT2D eigenvalue weighted by molar-refractivity contribution is 6.24. The van der Waals surface area contributed by atoms with Gasteiger partial charge in [-0.1, -0.05) is 48.5 Å². The summed E-state index contributed by atoms with van der Waals surface area (Å²) in [5.74, 6) is -0.199. The van der Waals surface area contributed by atoms with Gasteiger partial charge in [-0.2, -0.15) is 0 Å². The second-order valence-electron chi connectivity index (χ2n) is 7.16. The lowest BCUT2D eigenvalue weighted by Gasteiger charge is -2.12. The van der Waals surface area contributed by atoms with Gasteiger partial charge in [-0.05, 0) is 75.3 Å². The van der Waals surface area contributed by atoms with Gasteiger partial charge in [0.1, 0.15) is 6.10 Å². The zero-order valence-electron chi connectivity index (χ0n) is 14.7. The molecule has 0 bridgehead atoms. The summed E-state index contributed by atoms with van der Waals surface area (Å²) in [6.07, 6.45) is -1.04. The molecule has 4 aromatic rings. The predicted molar refractivity (Wildman–Crippen MR) is 106 cm³/mol. The van der Waals surface area contributed by atoms with Crippen LogP contribution in [-0.4, -0.2) is 10.9 Å². The van der Waals surface area contributed by atoms with Crippen molar-refractivity contribution in [1.29, 1.82) is 0 Å². The van der Waals surface area contributed by atoms with Crippen LogP contribution in [0.1, 0.15) is 33.2 Å². The van der Waals surface area contributed by atoms with Crippen molar-refractivity contribution >= 4 is 27.3 Å². The first-order chi connectivity index (χ1) is 12.6. The minimum atomic E-state index is -1.04. The number of fused-ring (bicyclic) bond motifs is 2. The Morgan fingerprint density at radius 3 is 2.35 bits per heavy atom. The van der Waals surface area contributed by atoms with Crippen LogP contribution in [0, 0.1) is 13.8 Å². The fraction of sp³-hybridized carbons (Fsp3) is 0.125. The minimum absolute atomic E-state index is 0.199. The van der Waals surface area contributed by atoms with E-state index in [1.807, 2.05) is 24.3 Å². The van der Waals surface area contributed by atoms with Gasteiger partial charge in [0.2, 0.25) is 0 Å². The molecule has 0 radical (unpaired) electrons. The van der Waals surface area contributed by atoms with Crippen LogP contribution in [0.2, 0.25) is 0 Å². The van der Waals surface area contributed by atoms with Crippen molar-refractivity contribution in [2.45, 2.75) is 20.0 Å². The molecule has 1 N–H and O–H groups in total. The zero-order valence-corrected chi connectivity index (χ0v) is 14.7. The molecule has 0 aromatic heterocycles. The standard InChI is InChI=1S/C24H18O2/c1-13-5-3-6-14(2)21(13)15-9-10-17-16(11-15)12-20-22-18(17)7-4-8-19(22)23(25)24(20)26/h3-12,23,25H,1-2H3. The van der Waals surface area contributed by atoms with E-state index >= 15 is 0 Å². The van der Waals surface area contributed by atoms with E-state index in [1.165, 1.54) is 16.7 Å². The van der Waals surface area contributed by atoms with Gasteiger partial charge in [0, 0.05) is 5.56 Å². The molecule has 2 heteroatoms. The van der Waals surface area contributed by atoms with Crippen LogP contribution in [0.5, 0.6) is 0 Å². The molecule has 1 aliphatic carbocycles. The Morgan fingerprint density at radius 2 is 1.58 bits per heavy atom. The van der Waals surface area contributed by atoms with E-state index in [-0.39, 0.29) is 5.78 Å². The molecular weight excluding hydrogens is 320 g/mol. The van der Waals surface area contributed by atoms with Crippen LogP contribution in [0.15, 0.2) is 60.7 Å². The Bertz CT molecular complexity index is 1210. The van der Waals surface area contributed by atoms with Crippen molar-refractivity contribution < 1.29 is 9.90 Å². The van der Waals surface area contributed by atoms with Gasteiger partial charge in [-0.15, -0.1) is 0 Å². The normalized spacial score (nSPS) is 16.0. The lowest BCUT2D eigenvalue weighted by atomic mass is 9.91. The first-order valence-electron chi connectivity index (χ1n) is 8.84. The fourth-order valence-electron chi connectivity index (χ4n) is 4.39. The van der Waals surface area contributed by atoms with Crippen LogP contribution >= 0.6 is 0 Å². The van der Waals surface area contributed by atoms with Gasteiger partial charge < -0.3 is 5.11 Å². The molecule has 1 aliphatic rings. The lowest BCUT2D eigenvalue weighted by molar-refractivity contribution is 0.0766. The highest BCUT2D eigenvalue weighted by Crippen LogP contribution is 2.41. The first-order valence-corrected chi connectivity index (χ1v) is 8.84. The van der Waals surface area contributed by atoms with Crippen molar-refractivity contribution in [2.24, 2.45) is 0 Å². The molecule has 5 rings (SSSR count). The smallest absolute Gasteiger partial charge is 0.196 e. The maximum atomic E-state index is 12.5. The Kier molecular flexibility index (Phi) is 3.10.